The second-order valence-corrected chi connectivity index (χ2v) is 27.1. The average molecular weight is 1540 g/mol. The molecule has 104 heavy (non-hydrogen) atoms. The Kier molecular flexibility index (Phi) is 31.7. The minimum Gasteiger partial charge on any atom is -0.756 e. The van der Waals surface area contributed by atoms with Crippen LogP contribution in [0.3, 0.4) is 0 Å². The van der Waals surface area contributed by atoms with Gasteiger partial charge in [0.15, 0.2) is 37.0 Å². The number of carboxylic acids is 1. The lowest BCUT2D eigenvalue weighted by Crippen LogP contribution is -2.69. The monoisotopic (exact) mass is 1540 g/mol. The summed E-state index contributed by atoms with van der Waals surface area (Å²) in [6.07, 6.45) is -42.4. The molecule has 47 heteroatoms. The number of thioether (sulfide) groups is 1. The van der Waals surface area contributed by atoms with Gasteiger partial charge in [0, 0.05) is 71.3 Å². The quantitative estimate of drug-likeness (QED) is 0.0126. The Morgan fingerprint density at radius 1 is 0.817 bits per heavy atom. The smallest absolute Gasteiger partial charge is 0.364 e. The molecule has 0 bridgehead atoms. The zero-order valence-corrected chi connectivity index (χ0v) is 57.1. The van der Waals surface area contributed by atoms with Gasteiger partial charge in [-0.1, -0.05) is 0 Å². The van der Waals surface area contributed by atoms with Crippen molar-refractivity contribution in [2.45, 2.75) is 211 Å². The van der Waals surface area contributed by atoms with E-state index in [9.17, 15) is 124 Å². The molecule has 588 valence electrons. The van der Waals surface area contributed by atoms with Gasteiger partial charge < -0.3 is 150 Å². The van der Waals surface area contributed by atoms with Crippen LogP contribution in [-0.4, -0.2) is 340 Å². The third-order valence-corrected chi connectivity index (χ3v) is 19.6. The molecule has 5 amide bonds. The molecule has 0 radical (unpaired) electrons. The molecule has 0 aromatic carbocycles. The summed E-state index contributed by atoms with van der Waals surface area (Å²) in [6.45, 7) is -3.78. The van der Waals surface area contributed by atoms with Crippen LogP contribution in [0.25, 0.3) is 0 Å². The molecule has 18 N–H and O–H groups in total. The van der Waals surface area contributed by atoms with Gasteiger partial charge in [0.05, 0.1) is 50.4 Å². The Morgan fingerprint density at radius 2 is 1.46 bits per heavy atom. The molecule has 45 nitrogen and oxygen atoms in total. The molecular weight excluding hydrogens is 1450 g/mol. The van der Waals surface area contributed by atoms with Crippen molar-refractivity contribution >= 4 is 79.6 Å². The molecule has 7 rings (SSSR count). The van der Waals surface area contributed by atoms with Gasteiger partial charge in [-0.15, -0.1) is 11.8 Å². The molecule has 27 atom stereocenters. The molecule has 7 heterocycles. The molecular formula is C57H85N7O38PS-. The van der Waals surface area contributed by atoms with Gasteiger partial charge in [-0.2, -0.15) is 4.98 Å². The van der Waals surface area contributed by atoms with Crippen LogP contribution in [0.1, 0.15) is 64.5 Å². The van der Waals surface area contributed by atoms with E-state index in [4.69, 9.17) is 66.9 Å². The number of phosphoric ester groups is 1. The van der Waals surface area contributed by atoms with E-state index in [2.05, 4.69) is 20.9 Å². The molecule has 1 aromatic rings. The van der Waals surface area contributed by atoms with Crippen molar-refractivity contribution in [2.75, 3.05) is 64.7 Å². The van der Waals surface area contributed by atoms with Crippen LogP contribution in [-0.2, 0) is 109 Å². The molecule has 6 aliphatic rings. The first-order valence-corrected chi connectivity index (χ1v) is 34.7. The summed E-state index contributed by atoms with van der Waals surface area (Å²) in [4.78, 5) is 142. The van der Waals surface area contributed by atoms with E-state index in [0.29, 0.717) is 0 Å². The van der Waals surface area contributed by atoms with Crippen molar-refractivity contribution in [3.8, 4) is 0 Å². The highest BCUT2D eigenvalue weighted by atomic mass is 32.2. The Hall–Kier alpha value is -6.07. The lowest BCUT2D eigenvalue weighted by Gasteiger charge is -2.49. The minimum absolute atomic E-state index is 0.0169. The number of ketones is 1. The van der Waals surface area contributed by atoms with E-state index in [1.165, 1.54) is 0 Å². The van der Waals surface area contributed by atoms with Crippen LogP contribution in [0.5, 0.6) is 0 Å². The molecule has 1 aromatic heterocycles. The number of hydrogen-bond donors (Lipinski definition) is 17. The molecule has 0 spiro atoms. The second-order valence-electron chi connectivity index (χ2n) is 24.5. The minimum atomic E-state index is -5.94. The van der Waals surface area contributed by atoms with Crippen molar-refractivity contribution in [3.05, 3.63) is 22.7 Å². The van der Waals surface area contributed by atoms with Crippen LogP contribution in [0, 0.1) is 5.92 Å². The van der Waals surface area contributed by atoms with Crippen LogP contribution in [0.15, 0.2) is 17.1 Å². The summed E-state index contributed by atoms with van der Waals surface area (Å²) in [5, 5.41) is 145. The van der Waals surface area contributed by atoms with Gasteiger partial charge >= 0.3 is 11.7 Å². The number of carboxylic acid groups (broad SMARTS) is 1. The van der Waals surface area contributed by atoms with Crippen molar-refractivity contribution in [2.24, 2.45) is 5.92 Å². The largest absolute Gasteiger partial charge is 0.756 e. The van der Waals surface area contributed by atoms with Crippen molar-refractivity contribution in [3.63, 3.8) is 0 Å². The number of rotatable bonds is 39. The van der Waals surface area contributed by atoms with Crippen molar-refractivity contribution in [1.82, 2.24) is 30.4 Å². The zero-order chi connectivity index (χ0) is 76.7. The van der Waals surface area contributed by atoms with Gasteiger partial charge in [-0.25, -0.2) is 9.59 Å². The Bertz CT molecular complexity index is 3210. The highest BCUT2D eigenvalue weighted by molar-refractivity contribution is 8.00. The number of nitrogens with one attached hydrogen (secondary N) is 3. The van der Waals surface area contributed by atoms with Gasteiger partial charge in [0.2, 0.25) is 42.1 Å². The normalized spacial score (nSPS) is 35.6. The third-order valence-electron chi connectivity index (χ3n) is 17.3. The predicted molar refractivity (Wildman–Crippen MR) is 330 cm³/mol. The number of phosphoric acid groups is 1. The summed E-state index contributed by atoms with van der Waals surface area (Å²) in [5.74, 6) is -10.8. The summed E-state index contributed by atoms with van der Waals surface area (Å²) < 4.78 is 83.1. The number of carbonyl (C=O) groups excluding carboxylic acids is 8. The number of ether oxygens (including phenoxy) is 11. The fraction of sp³-hybridized carbons (Fsp3) is 0.772. The number of aromatic nitrogens is 2. The highest BCUT2D eigenvalue weighted by Gasteiger charge is 2.59. The summed E-state index contributed by atoms with van der Waals surface area (Å²) in [6, 6.07) is -0.519. The molecule has 6 fully saturated rings. The molecule has 0 saturated carbocycles. The van der Waals surface area contributed by atoms with Gasteiger partial charge in [-0.05, 0) is 31.1 Å². The van der Waals surface area contributed by atoms with Crippen molar-refractivity contribution < 1.29 is 180 Å². The SMILES string of the molecule is CO[C@@H]1C(OC=O)O[C@@H](O[C@@H]2C(CO)O[C@H](O[C@@H]3C(OC=O)O[C@@H](OCCNC(=O)CCCN4C(=O)CC(SCCCC(=O)NCC(=O)CC[C@H]5C([C@H](O)[C@H](O)CO)O[C@](OP(=O)([O-])OC[C@H]6O[C@@H](n7ccc(N)nc7=O)C(O)[C@H]6O)(C(=O)O)C[C@H]5O)C4=O)C(O)[C@H]3O)C(NC(C)=O)[C@H]2O)C(O)[C@H]1O. The standard InChI is InChI=1S/C57H86N7O38PS/c1-23(69)61-35-38(78)45(97-52-43(83)39(79)46(90-2)53(100-52)92-21-67)28(19-66)96-50(35)98-47-40(80)42(82)51(99-54(47)93-22-68)91-13-10-59-32(73)5-3-11-63-34(75)15-30(48(63)84)104-14-4-6-33(74)60-17-24(70)7-8-25-26(71)16-57(55(85)86,101-44(25)36(76)27(72)18-65)102-103(88,89)94-20-29-37(77)41(81)49(95-29)64-12-9-31(58)62-56(64)87/h9,12,21-22,25-30,35-47,49-54,65-66,71-72,76-83H,3-8,10-11,13-20H2,1-2H3,(H,59,73)(H,60,74)(H,61,69)(H,85,86)(H,88,89)(H2,58,62,87)/p-1/t25-,26-,27-,28?,29-,30?,35?,36-,37+,38-,39-,40-,41?,42?,43?,44?,45-,46+,47+,49-,50-,51-,52-,53?,54?,57-/m1/s1. The zero-order valence-electron chi connectivity index (χ0n) is 55.4. The predicted octanol–water partition coefficient (Wildman–Crippen LogP) is -11.3. The number of anilines is 1. The first kappa shape index (κ1) is 85.2. The first-order chi connectivity index (χ1) is 49.2. The molecule has 10 unspecified atom stereocenters. The van der Waals surface area contributed by atoms with Crippen molar-refractivity contribution in [1.29, 1.82) is 0 Å². The highest BCUT2D eigenvalue weighted by Crippen LogP contribution is 2.50. The topological polar surface area (TPSA) is 677 Å². The Balaban J connectivity index is 0.792. The number of hydrogen-bond acceptors (Lipinski definition) is 40. The Labute approximate surface area is 592 Å². The molecule has 6 aliphatic heterocycles. The maximum Gasteiger partial charge on any atom is 0.364 e. The average Bonchev–Trinajstić information content (AvgIpc) is 1.04. The number of likely N-dealkylation sites (tertiary alicyclic amines) is 1. The number of aliphatic hydroxyl groups excluding tert-OH is 12. The number of imide groups is 1. The van der Waals surface area contributed by atoms with Gasteiger partial charge in [0.1, 0.15) is 91.2 Å². The third kappa shape index (κ3) is 21.4. The number of methoxy groups -OCH3 is 1. The van der Waals surface area contributed by atoms with Crippen LogP contribution < -0.4 is 32.3 Å². The number of carbonyl (C=O) groups is 9. The first-order valence-electron chi connectivity index (χ1n) is 32.2. The summed E-state index contributed by atoms with van der Waals surface area (Å²) in [5.41, 5.74) is 4.46. The van der Waals surface area contributed by atoms with Crippen LogP contribution in [0.2, 0.25) is 0 Å². The van der Waals surface area contributed by atoms with E-state index < -0.39 is 265 Å². The van der Waals surface area contributed by atoms with Crippen LogP contribution >= 0.6 is 19.6 Å². The lowest BCUT2D eigenvalue weighted by atomic mass is 9.80. The molecule has 0 aliphatic carbocycles. The number of amides is 5. The van der Waals surface area contributed by atoms with E-state index in [-0.39, 0.29) is 69.7 Å². The second kappa shape index (κ2) is 38.6. The summed E-state index contributed by atoms with van der Waals surface area (Å²) in [7, 11) is -4.82. The van der Waals surface area contributed by atoms with E-state index >= 15 is 0 Å². The fourth-order valence-corrected chi connectivity index (χ4v) is 14.1. The number of nitrogen functional groups attached to an aromatic ring is 1. The number of aliphatic hydroxyl groups is 12. The van der Waals surface area contributed by atoms with Gasteiger partial charge in [-0.3, -0.25) is 56.9 Å². The van der Waals surface area contributed by atoms with Gasteiger partial charge in [0.25, 0.3) is 26.6 Å². The fourth-order valence-electron chi connectivity index (χ4n) is 12.0. The maximum atomic E-state index is 13.2. The summed E-state index contributed by atoms with van der Waals surface area (Å²) >= 11 is 1.08. The van der Waals surface area contributed by atoms with E-state index in [1.54, 1.807) is 0 Å². The number of nitrogens with two attached hydrogens (primary N) is 1. The number of aliphatic carboxylic acids is 1. The molecule has 6 saturated heterocycles. The van der Waals surface area contributed by atoms with Crippen LogP contribution in [0.4, 0.5) is 5.82 Å². The van der Waals surface area contributed by atoms with E-state index in [0.717, 1.165) is 47.5 Å². The van der Waals surface area contributed by atoms with E-state index in [1.807, 2.05) is 0 Å². The number of nitrogens with zero attached hydrogens (tertiary/aromatic N) is 3. The maximum absolute atomic E-state index is 13.2. The lowest BCUT2D eigenvalue weighted by molar-refractivity contribution is -0.389. The number of Topliss-reactive ketones (excluding diaryl/α,β-unsaturated/α-hetero) is 1. The Morgan fingerprint density at radius 3 is 2.11 bits per heavy atom.